The summed E-state index contributed by atoms with van der Waals surface area (Å²) >= 11 is 0. The lowest BCUT2D eigenvalue weighted by atomic mass is 9.59. The SMILES string of the molecule is Cc1c(O)c2c(c3c1OC1=C(C(=O)C(C)(C)C(=O)C1(C)C)[C@H]3c1ccccc1)O[C@H](c1ccccc1)CC2=O. The van der Waals surface area contributed by atoms with Crippen molar-refractivity contribution in [3.05, 3.63) is 99.8 Å². The number of hydrogen-bond donors (Lipinski definition) is 1. The van der Waals surface area contributed by atoms with E-state index in [9.17, 15) is 19.5 Å². The molecule has 39 heavy (non-hydrogen) atoms. The number of carbonyl (C=O) groups is 3. The molecule has 6 rings (SSSR count). The number of phenols is 1. The van der Waals surface area contributed by atoms with E-state index in [1.54, 1.807) is 34.6 Å². The van der Waals surface area contributed by atoms with Gasteiger partial charge in [-0.3, -0.25) is 14.4 Å². The molecule has 0 saturated heterocycles. The fourth-order valence-electron chi connectivity index (χ4n) is 6.36. The molecule has 3 aromatic rings. The van der Waals surface area contributed by atoms with Gasteiger partial charge in [0.1, 0.15) is 34.7 Å². The smallest absolute Gasteiger partial charge is 0.176 e. The maximum absolute atomic E-state index is 14.1. The molecule has 0 radical (unpaired) electrons. The van der Waals surface area contributed by atoms with Crippen LogP contribution in [-0.2, 0) is 9.59 Å². The number of ketones is 3. The van der Waals surface area contributed by atoms with Crippen molar-refractivity contribution < 1.29 is 29.0 Å². The molecular weight excluding hydrogens is 492 g/mol. The van der Waals surface area contributed by atoms with Crippen LogP contribution in [0.15, 0.2) is 72.0 Å². The lowest BCUT2D eigenvalue weighted by Gasteiger charge is -2.45. The normalized spacial score (nSPS) is 22.8. The van der Waals surface area contributed by atoms with Crippen molar-refractivity contribution in [1.29, 1.82) is 0 Å². The fraction of sp³-hybridized carbons (Fsp3) is 0.303. The van der Waals surface area contributed by atoms with Gasteiger partial charge in [-0.1, -0.05) is 60.7 Å². The van der Waals surface area contributed by atoms with Gasteiger partial charge in [0.05, 0.1) is 22.8 Å². The molecule has 0 bridgehead atoms. The first-order chi connectivity index (χ1) is 18.5. The topological polar surface area (TPSA) is 89.9 Å². The first-order valence-corrected chi connectivity index (χ1v) is 13.2. The van der Waals surface area contributed by atoms with Gasteiger partial charge in [0.2, 0.25) is 0 Å². The summed E-state index contributed by atoms with van der Waals surface area (Å²) in [4.78, 5) is 41.3. The van der Waals surface area contributed by atoms with Gasteiger partial charge in [0.25, 0.3) is 0 Å². The van der Waals surface area contributed by atoms with Crippen molar-refractivity contribution in [2.45, 2.75) is 53.1 Å². The first kappa shape index (κ1) is 25.1. The zero-order valence-electron chi connectivity index (χ0n) is 22.6. The number of rotatable bonds is 2. The molecule has 3 aliphatic rings. The number of hydrogen-bond acceptors (Lipinski definition) is 6. The minimum atomic E-state index is -1.27. The number of allylic oxidation sites excluding steroid dienone is 2. The number of benzene rings is 3. The van der Waals surface area contributed by atoms with Gasteiger partial charge < -0.3 is 14.6 Å². The van der Waals surface area contributed by atoms with Crippen LogP contribution in [0.1, 0.15) is 78.7 Å². The van der Waals surface area contributed by atoms with Crippen molar-refractivity contribution in [1.82, 2.24) is 0 Å². The van der Waals surface area contributed by atoms with Gasteiger partial charge in [-0.05, 0) is 45.7 Å². The Morgan fingerprint density at radius 3 is 2.03 bits per heavy atom. The van der Waals surface area contributed by atoms with E-state index in [-0.39, 0.29) is 46.6 Å². The highest BCUT2D eigenvalue weighted by Crippen LogP contribution is 2.60. The average Bonchev–Trinajstić information content (AvgIpc) is 2.93. The van der Waals surface area contributed by atoms with Gasteiger partial charge in [0.15, 0.2) is 17.3 Å². The van der Waals surface area contributed by atoms with E-state index in [0.717, 1.165) is 11.1 Å². The monoisotopic (exact) mass is 522 g/mol. The number of Topliss-reactive ketones (excluding diaryl/α,β-unsaturated/α-hetero) is 3. The van der Waals surface area contributed by atoms with E-state index in [2.05, 4.69) is 0 Å². The van der Waals surface area contributed by atoms with Gasteiger partial charge in [-0.25, -0.2) is 0 Å². The third-order valence-corrected chi connectivity index (χ3v) is 8.40. The second-order valence-electron chi connectivity index (χ2n) is 11.7. The Labute approximate surface area is 227 Å². The number of carbonyl (C=O) groups excluding carboxylic acids is 3. The zero-order valence-corrected chi connectivity index (χ0v) is 22.6. The molecule has 0 unspecified atom stereocenters. The van der Waals surface area contributed by atoms with Crippen molar-refractivity contribution in [2.75, 3.05) is 0 Å². The summed E-state index contributed by atoms with van der Waals surface area (Å²) < 4.78 is 13.0. The Bertz CT molecular complexity index is 1590. The Hall–Kier alpha value is -4.19. The third kappa shape index (κ3) is 3.43. The molecule has 0 saturated carbocycles. The molecule has 1 aliphatic carbocycles. The van der Waals surface area contributed by atoms with E-state index in [0.29, 0.717) is 22.4 Å². The molecule has 6 nitrogen and oxygen atoms in total. The minimum absolute atomic E-state index is 0.0705. The predicted molar refractivity (Wildman–Crippen MR) is 145 cm³/mol. The van der Waals surface area contributed by atoms with Gasteiger partial charge in [0, 0.05) is 17.1 Å². The van der Waals surface area contributed by atoms with Crippen LogP contribution in [0.3, 0.4) is 0 Å². The Balaban J connectivity index is 1.68. The fourth-order valence-corrected chi connectivity index (χ4v) is 6.36. The molecule has 6 heteroatoms. The molecule has 2 aliphatic heterocycles. The third-order valence-electron chi connectivity index (χ3n) is 8.40. The van der Waals surface area contributed by atoms with Gasteiger partial charge in [-0.2, -0.15) is 0 Å². The van der Waals surface area contributed by atoms with Crippen molar-refractivity contribution in [2.24, 2.45) is 10.8 Å². The van der Waals surface area contributed by atoms with Crippen LogP contribution in [0, 0.1) is 17.8 Å². The van der Waals surface area contributed by atoms with E-state index < -0.39 is 22.9 Å². The van der Waals surface area contributed by atoms with Gasteiger partial charge in [-0.15, -0.1) is 0 Å². The average molecular weight is 523 g/mol. The Morgan fingerprint density at radius 1 is 0.821 bits per heavy atom. The maximum Gasteiger partial charge on any atom is 0.176 e. The highest BCUT2D eigenvalue weighted by molar-refractivity contribution is 6.20. The van der Waals surface area contributed by atoms with Crippen molar-refractivity contribution in [3.63, 3.8) is 0 Å². The number of aromatic hydroxyl groups is 1. The Kier molecular flexibility index (Phi) is 5.41. The van der Waals surface area contributed by atoms with Crippen LogP contribution in [0.25, 0.3) is 0 Å². The molecule has 1 N–H and O–H groups in total. The lowest BCUT2D eigenvalue weighted by molar-refractivity contribution is -0.144. The number of phenolic OH excluding ortho intramolecular Hbond substituents is 1. The molecule has 2 heterocycles. The lowest BCUT2D eigenvalue weighted by Crippen LogP contribution is -2.51. The Morgan fingerprint density at radius 2 is 1.41 bits per heavy atom. The van der Waals surface area contributed by atoms with Crippen molar-refractivity contribution >= 4 is 17.3 Å². The summed E-state index contributed by atoms with van der Waals surface area (Å²) in [5.41, 5.74) is 0.636. The summed E-state index contributed by atoms with van der Waals surface area (Å²) in [7, 11) is 0. The minimum Gasteiger partial charge on any atom is -0.507 e. The summed E-state index contributed by atoms with van der Waals surface area (Å²) in [6.45, 7) is 8.53. The summed E-state index contributed by atoms with van der Waals surface area (Å²) in [6.07, 6.45) is -0.498. The number of fused-ring (bicyclic) bond motifs is 3. The molecule has 0 aromatic heterocycles. The molecule has 198 valence electrons. The second-order valence-corrected chi connectivity index (χ2v) is 11.7. The predicted octanol–water partition coefficient (Wildman–Crippen LogP) is 6.39. The highest BCUT2D eigenvalue weighted by atomic mass is 16.5. The second kappa shape index (κ2) is 8.40. The molecule has 0 amide bonds. The molecule has 0 spiro atoms. The summed E-state index contributed by atoms with van der Waals surface area (Å²) in [6, 6.07) is 19.0. The zero-order chi connectivity index (χ0) is 27.9. The van der Waals surface area contributed by atoms with E-state index in [1.165, 1.54) is 0 Å². The standard InChI is InChI=1S/C33H30O6/c1-17-26(35)23-20(34)16-21(18-12-8-6-9-13-18)38-28(23)24-22(19-14-10-7-11-15-19)25-29(36)32(2,3)31(37)33(4,5)30(25)39-27(17)24/h6-15,21-22,35H,16H2,1-5H3/t21-,22-/m0/s1. The van der Waals surface area contributed by atoms with Crippen LogP contribution in [0.4, 0.5) is 0 Å². The van der Waals surface area contributed by atoms with Crippen LogP contribution in [0.2, 0.25) is 0 Å². The van der Waals surface area contributed by atoms with E-state index in [4.69, 9.17) is 9.47 Å². The van der Waals surface area contributed by atoms with Crippen LogP contribution < -0.4 is 9.47 Å². The van der Waals surface area contributed by atoms with E-state index in [1.807, 2.05) is 60.7 Å². The summed E-state index contributed by atoms with van der Waals surface area (Å²) in [5.74, 6) is -0.852. The molecule has 0 fully saturated rings. The molecule has 2 atom stereocenters. The quantitative estimate of drug-likeness (QED) is 0.392. The number of ether oxygens (including phenoxy) is 2. The van der Waals surface area contributed by atoms with Gasteiger partial charge >= 0.3 is 0 Å². The molecule has 3 aromatic carbocycles. The molecular formula is C33H30O6. The van der Waals surface area contributed by atoms with E-state index >= 15 is 0 Å². The van der Waals surface area contributed by atoms with Crippen LogP contribution >= 0.6 is 0 Å². The maximum atomic E-state index is 14.1. The van der Waals surface area contributed by atoms with Crippen LogP contribution in [0.5, 0.6) is 17.2 Å². The van der Waals surface area contributed by atoms with Crippen LogP contribution in [-0.4, -0.2) is 22.5 Å². The highest BCUT2D eigenvalue weighted by Gasteiger charge is 2.58. The first-order valence-electron chi connectivity index (χ1n) is 13.2. The largest absolute Gasteiger partial charge is 0.507 e. The van der Waals surface area contributed by atoms with Crippen molar-refractivity contribution in [3.8, 4) is 17.2 Å². The summed E-state index contributed by atoms with van der Waals surface area (Å²) in [5, 5.41) is 11.3.